The lowest BCUT2D eigenvalue weighted by Crippen LogP contribution is -2.49. The monoisotopic (exact) mass is 666 g/mol. The normalized spacial score (nSPS) is 12.0. The Morgan fingerprint density at radius 2 is 1.85 bits per heavy atom. The summed E-state index contributed by atoms with van der Waals surface area (Å²) in [7, 11) is 0. The second-order valence-electron chi connectivity index (χ2n) is 11.3. The molecule has 0 aliphatic heterocycles. The molecular weight excluding hydrogens is 633 g/mol. The Morgan fingerprint density at radius 3 is 2.50 bits per heavy atom. The molecule has 0 aliphatic carbocycles. The third kappa shape index (κ3) is 9.31. The minimum Gasteiger partial charge on any atom is -0.351 e. The fourth-order valence-corrected chi connectivity index (χ4v) is 5.27. The molecule has 0 fully saturated rings. The first-order chi connectivity index (χ1) is 21.8. The van der Waals surface area contributed by atoms with Gasteiger partial charge in [-0.3, -0.25) is 4.79 Å². The smallest absolute Gasteiger partial charge is 0.351 e. The zero-order valence-corrected chi connectivity index (χ0v) is 27.2. The molecule has 0 aliphatic rings. The number of aromatic nitrogens is 2. The van der Waals surface area contributed by atoms with Crippen molar-refractivity contribution in [2.75, 3.05) is 11.9 Å². The van der Waals surface area contributed by atoms with Crippen LogP contribution in [0.15, 0.2) is 79.3 Å². The van der Waals surface area contributed by atoms with E-state index in [1.807, 2.05) is 43.5 Å². The van der Waals surface area contributed by atoms with Gasteiger partial charge in [-0.25, -0.2) is 4.98 Å². The molecule has 240 valence electrons. The molecule has 1 heterocycles. The van der Waals surface area contributed by atoms with Crippen molar-refractivity contribution in [1.29, 1.82) is 5.26 Å². The van der Waals surface area contributed by atoms with Gasteiger partial charge < -0.3 is 20.1 Å². The molecule has 4 rings (SSSR count). The van der Waals surface area contributed by atoms with Crippen LogP contribution in [0.3, 0.4) is 0 Å². The first-order valence-electron chi connectivity index (χ1n) is 14.6. The molecule has 4 aromatic rings. The number of thiocarbonyl (C=S) groups is 1. The van der Waals surface area contributed by atoms with Gasteiger partial charge in [-0.1, -0.05) is 61.8 Å². The number of carbonyl (C=O) groups excluding carboxylic acids is 1. The highest BCUT2D eigenvalue weighted by Crippen LogP contribution is 2.32. The third-order valence-corrected chi connectivity index (χ3v) is 8.31. The lowest BCUT2D eigenvalue weighted by Gasteiger charge is -2.33. The molecule has 46 heavy (non-hydrogen) atoms. The number of nitrogens with one attached hydrogen (secondary N) is 2. The third-order valence-electron chi connectivity index (χ3n) is 7.54. The highest BCUT2D eigenvalue weighted by molar-refractivity contribution is 7.80. The summed E-state index contributed by atoms with van der Waals surface area (Å²) in [5.41, 5.74) is 2.97. The fraction of sp³-hybridized carbons (Fsp3) is 0.294. The topological polar surface area (TPSA) is 86.0 Å². The first-order valence-corrected chi connectivity index (χ1v) is 15.4. The van der Waals surface area contributed by atoms with Gasteiger partial charge in [-0.15, -0.1) is 0 Å². The van der Waals surface area contributed by atoms with Gasteiger partial charge >= 0.3 is 6.18 Å². The van der Waals surface area contributed by atoms with Gasteiger partial charge in [0, 0.05) is 48.3 Å². The molecule has 1 atom stereocenters. The summed E-state index contributed by atoms with van der Waals surface area (Å²) in [6.45, 7) is 6.19. The van der Waals surface area contributed by atoms with Crippen molar-refractivity contribution >= 4 is 40.5 Å². The average molecular weight is 667 g/mol. The second kappa shape index (κ2) is 15.3. The molecule has 12 heteroatoms. The van der Waals surface area contributed by atoms with E-state index >= 15 is 0 Å². The minimum absolute atomic E-state index is 0.0426. The predicted molar refractivity (Wildman–Crippen MR) is 177 cm³/mol. The molecule has 0 saturated carbocycles. The van der Waals surface area contributed by atoms with Crippen LogP contribution in [0.5, 0.6) is 0 Å². The number of halogens is 4. The molecule has 1 amide bonds. The highest BCUT2D eigenvalue weighted by atomic mass is 35.5. The van der Waals surface area contributed by atoms with Gasteiger partial charge in [0.1, 0.15) is 0 Å². The van der Waals surface area contributed by atoms with E-state index in [4.69, 9.17) is 29.1 Å². The number of alkyl halides is 3. The number of benzene rings is 3. The van der Waals surface area contributed by atoms with Crippen molar-refractivity contribution in [2.45, 2.75) is 52.5 Å². The van der Waals surface area contributed by atoms with Crippen molar-refractivity contribution in [2.24, 2.45) is 5.92 Å². The van der Waals surface area contributed by atoms with Crippen LogP contribution >= 0.6 is 23.8 Å². The minimum atomic E-state index is -4.55. The fourth-order valence-electron chi connectivity index (χ4n) is 4.83. The van der Waals surface area contributed by atoms with Gasteiger partial charge in [0.05, 0.1) is 29.9 Å². The van der Waals surface area contributed by atoms with Crippen molar-refractivity contribution in [1.82, 2.24) is 19.8 Å². The number of hydrogen-bond acceptors (Lipinski definition) is 4. The maximum Gasteiger partial charge on any atom is 0.416 e. The number of anilines is 1. The molecular formula is C34H34ClF3N6OS. The SMILES string of the molecule is Cc1ccc(NC(=S)N(Cc2ccccc2C(F)(F)F)CC(NC(=O)Cc2cncn2Cc2ccc(C#N)cc2)C(C)C)cc1Cl. The molecule has 2 N–H and O–H groups in total. The van der Waals surface area contributed by atoms with Gasteiger partial charge in [0.15, 0.2) is 5.11 Å². The Hall–Kier alpha value is -4.40. The molecule has 0 bridgehead atoms. The van der Waals surface area contributed by atoms with Crippen LogP contribution in [0.25, 0.3) is 0 Å². The van der Waals surface area contributed by atoms with E-state index in [-0.39, 0.29) is 42.0 Å². The van der Waals surface area contributed by atoms with E-state index in [0.29, 0.717) is 28.5 Å². The average Bonchev–Trinajstić information content (AvgIpc) is 3.44. The lowest BCUT2D eigenvalue weighted by molar-refractivity contribution is -0.138. The summed E-state index contributed by atoms with van der Waals surface area (Å²) >= 11 is 12.0. The predicted octanol–water partition coefficient (Wildman–Crippen LogP) is 7.37. The van der Waals surface area contributed by atoms with Crippen LogP contribution in [-0.2, 0) is 30.5 Å². The number of amides is 1. The molecule has 0 radical (unpaired) electrons. The van der Waals surface area contributed by atoms with E-state index in [2.05, 4.69) is 21.7 Å². The van der Waals surface area contributed by atoms with E-state index in [1.54, 1.807) is 47.8 Å². The van der Waals surface area contributed by atoms with Crippen molar-refractivity contribution < 1.29 is 18.0 Å². The number of imidazole rings is 1. The summed E-state index contributed by atoms with van der Waals surface area (Å²) in [4.78, 5) is 19.2. The quantitative estimate of drug-likeness (QED) is 0.163. The van der Waals surface area contributed by atoms with Crippen molar-refractivity contribution in [3.63, 3.8) is 0 Å². The Kier molecular flexibility index (Phi) is 11.4. The Bertz CT molecular complexity index is 1720. The molecule has 1 aromatic heterocycles. The maximum atomic E-state index is 13.9. The summed E-state index contributed by atoms with van der Waals surface area (Å²) in [6.07, 6.45) is -1.24. The van der Waals surface area contributed by atoms with Crippen LogP contribution in [0.4, 0.5) is 18.9 Å². The van der Waals surface area contributed by atoms with Crippen molar-refractivity contribution in [3.8, 4) is 6.07 Å². The lowest BCUT2D eigenvalue weighted by atomic mass is 10.0. The zero-order valence-electron chi connectivity index (χ0n) is 25.6. The number of rotatable bonds is 11. The highest BCUT2D eigenvalue weighted by Gasteiger charge is 2.34. The number of carbonyl (C=O) groups is 1. The molecule has 0 spiro atoms. The Balaban J connectivity index is 1.53. The van der Waals surface area contributed by atoms with E-state index in [1.165, 1.54) is 12.1 Å². The van der Waals surface area contributed by atoms with Crippen LogP contribution in [0.1, 0.15) is 47.4 Å². The molecule has 0 saturated heterocycles. The first kappa shape index (κ1) is 34.5. The largest absolute Gasteiger partial charge is 0.416 e. The summed E-state index contributed by atoms with van der Waals surface area (Å²) < 4.78 is 43.6. The number of hydrogen-bond donors (Lipinski definition) is 2. The van der Waals surface area contributed by atoms with Gasteiger partial charge in [-0.2, -0.15) is 18.4 Å². The van der Waals surface area contributed by atoms with Crippen LogP contribution in [-0.4, -0.2) is 38.1 Å². The number of aryl methyl sites for hydroxylation is 1. The number of nitrogens with zero attached hydrogens (tertiary/aromatic N) is 4. The van der Waals surface area contributed by atoms with Gasteiger partial charge in [0.2, 0.25) is 5.91 Å². The summed E-state index contributed by atoms with van der Waals surface area (Å²) in [5.74, 6) is -0.343. The Labute approximate surface area is 277 Å². The maximum absolute atomic E-state index is 13.9. The molecule has 1 unspecified atom stereocenters. The van der Waals surface area contributed by atoms with Crippen molar-refractivity contribution in [3.05, 3.63) is 118 Å². The van der Waals surface area contributed by atoms with Crippen LogP contribution in [0, 0.1) is 24.2 Å². The zero-order chi connectivity index (χ0) is 33.4. The van der Waals surface area contributed by atoms with E-state index in [0.717, 1.165) is 17.2 Å². The summed E-state index contributed by atoms with van der Waals surface area (Å²) in [5, 5.41) is 15.9. The molecule has 7 nitrogen and oxygen atoms in total. The van der Waals surface area contributed by atoms with Crippen LogP contribution in [0.2, 0.25) is 5.02 Å². The van der Waals surface area contributed by atoms with Gasteiger partial charge in [0.25, 0.3) is 0 Å². The van der Waals surface area contributed by atoms with E-state index in [9.17, 15) is 18.0 Å². The Morgan fingerprint density at radius 1 is 1.13 bits per heavy atom. The van der Waals surface area contributed by atoms with Gasteiger partial charge in [-0.05, 0) is 72.1 Å². The standard InChI is InChI=1S/C34H34ClF3N6OS/c1-22(2)31(42-32(45)15-28-17-40-21-44(28)18-25-11-9-24(16-39)10-12-25)20-43(19-26-6-4-5-7-29(26)34(36,37)38)33(46)41-27-13-8-23(3)30(35)14-27/h4-14,17,21-22,31H,15,18-20H2,1-3H3,(H,41,46)(H,42,45). The van der Waals surface area contributed by atoms with E-state index < -0.39 is 17.8 Å². The second-order valence-corrected chi connectivity index (χ2v) is 12.1. The summed E-state index contributed by atoms with van der Waals surface area (Å²) in [6, 6.07) is 19.5. The van der Waals surface area contributed by atoms with Crippen LogP contribution < -0.4 is 10.6 Å². The molecule has 3 aromatic carbocycles. The number of nitriles is 1.